The van der Waals surface area contributed by atoms with E-state index >= 15 is 0 Å². The van der Waals surface area contributed by atoms with Crippen LogP contribution in [0.2, 0.25) is 0 Å². The number of ketones is 1. The van der Waals surface area contributed by atoms with Crippen LogP contribution in [0, 0.1) is 0 Å². The van der Waals surface area contributed by atoms with Crippen LogP contribution in [0.4, 0.5) is 0 Å². The number of aliphatic hydroxyl groups is 1. The number of carbonyl (C=O) groups is 1. The Hall–Kier alpha value is -1.61. The molecule has 3 heteroatoms. The first-order chi connectivity index (χ1) is 8.65. The van der Waals surface area contributed by atoms with Gasteiger partial charge in [0.15, 0.2) is 5.78 Å². The van der Waals surface area contributed by atoms with Gasteiger partial charge in [0.25, 0.3) is 0 Å². The van der Waals surface area contributed by atoms with E-state index in [4.69, 9.17) is 9.84 Å². The number of benzene rings is 1. The lowest BCUT2D eigenvalue weighted by Gasteiger charge is -1.98. The largest absolute Gasteiger partial charge is 0.497 e. The molecule has 1 aromatic carbocycles. The summed E-state index contributed by atoms with van der Waals surface area (Å²) < 4.78 is 4.94. The first kappa shape index (κ1) is 16.4. The predicted molar refractivity (Wildman–Crippen MR) is 74.1 cm³/mol. The average molecular weight is 250 g/mol. The Morgan fingerprint density at radius 3 is 2.28 bits per heavy atom. The van der Waals surface area contributed by atoms with E-state index in [0.717, 1.165) is 18.6 Å². The Kier molecular flexibility index (Phi) is 9.60. The fourth-order valence-corrected chi connectivity index (χ4v) is 1.18. The molecule has 0 spiro atoms. The lowest BCUT2D eigenvalue weighted by atomic mass is 10.1. The van der Waals surface area contributed by atoms with Crippen molar-refractivity contribution in [3.05, 3.63) is 42.0 Å². The van der Waals surface area contributed by atoms with Gasteiger partial charge in [-0.25, -0.2) is 0 Å². The lowest BCUT2D eigenvalue weighted by Crippen LogP contribution is -1.91. The molecule has 0 aliphatic rings. The molecule has 1 aromatic rings. The van der Waals surface area contributed by atoms with E-state index in [0.29, 0.717) is 5.56 Å². The van der Waals surface area contributed by atoms with E-state index in [1.807, 2.05) is 6.08 Å². The van der Waals surface area contributed by atoms with Crippen molar-refractivity contribution in [3.63, 3.8) is 0 Å². The molecule has 0 fully saturated rings. The molecule has 0 heterocycles. The van der Waals surface area contributed by atoms with Crippen molar-refractivity contribution in [2.45, 2.75) is 26.7 Å². The van der Waals surface area contributed by atoms with Gasteiger partial charge in [-0.3, -0.25) is 4.79 Å². The zero-order valence-corrected chi connectivity index (χ0v) is 11.3. The maximum atomic E-state index is 10.8. The van der Waals surface area contributed by atoms with Gasteiger partial charge in [0.05, 0.1) is 7.11 Å². The third-order valence-corrected chi connectivity index (χ3v) is 2.19. The number of hydrogen-bond donors (Lipinski definition) is 1. The minimum atomic E-state index is 0.0765. The van der Waals surface area contributed by atoms with E-state index in [9.17, 15) is 4.79 Å². The van der Waals surface area contributed by atoms with Crippen LogP contribution in [0.15, 0.2) is 36.4 Å². The van der Waals surface area contributed by atoms with Crippen molar-refractivity contribution in [2.75, 3.05) is 13.7 Å². The number of aliphatic hydroxyl groups excluding tert-OH is 1. The molecule has 0 aliphatic carbocycles. The molecule has 0 saturated heterocycles. The minimum absolute atomic E-state index is 0.0765. The van der Waals surface area contributed by atoms with Gasteiger partial charge < -0.3 is 9.84 Å². The third-order valence-electron chi connectivity index (χ3n) is 2.19. The van der Waals surface area contributed by atoms with Gasteiger partial charge in [-0.2, -0.15) is 0 Å². The van der Waals surface area contributed by atoms with Gasteiger partial charge in [-0.1, -0.05) is 19.1 Å². The van der Waals surface area contributed by atoms with E-state index in [1.54, 1.807) is 38.3 Å². The Morgan fingerprint density at radius 1 is 1.28 bits per heavy atom. The van der Waals surface area contributed by atoms with Crippen molar-refractivity contribution in [1.82, 2.24) is 0 Å². The molecule has 0 amide bonds. The zero-order chi connectivity index (χ0) is 13.8. The number of hydrogen-bond acceptors (Lipinski definition) is 3. The van der Waals surface area contributed by atoms with Gasteiger partial charge in [0.1, 0.15) is 5.75 Å². The summed E-state index contributed by atoms with van der Waals surface area (Å²) in [5.74, 6) is 0.850. The molecule has 0 unspecified atom stereocenters. The summed E-state index contributed by atoms with van der Waals surface area (Å²) >= 11 is 0. The van der Waals surface area contributed by atoms with Crippen molar-refractivity contribution >= 4 is 5.78 Å². The first-order valence-electron chi connectivity index (χ1n) is 6.06. The lowest BCUT2D eigenvalue weighted by molar-refractivity contribution is 0.101. The summed E-state index contributed by atoms with van der Waals surface area (Å²) in [6, 6.07) is 7.05. The van der Waals surface area contributed by atoms with Crippen LogP contribution in [-0.4, -0.2) is 24.6 Å². The van der Waals surface area contributed by atoms with E-state index in [2.05, 4.69) is 13.0 Å². The monoisotopic (exact) mass is 250 g/mol. The average Bonchev–Trinajstić information content (AvgIpc) is 2.40. The number of methoxy groups -OCH3 is 1. The summed E-state index contributed by atoms with van der Waals surface area (Å²) in [4.78, 5) is 10.8. The third kappa shape index (κ3) is 7.63. The molecule has 1 rings (SSSR count). The summed E-state index contributed by atoms with van der Waals surface area (Å²) in [6.45, 7) is 3.90. The molecule has 1 N–H and O–H groups in total. The van der Waals surface area contributed by atoms with Gasteiger partial charge in [0, 0.05) is 12.2 Å². The van der Waals surface area contributed by atoms with Crippen LogP contribution < -0.4 is 4.74 Å². The highest BCUT2D eigenvalue weighted by Gasteiger charge is 1.97. The molecule has 0 atom stereocenters. The van der Waals surface area contributed by atoms with E-state index in [-0.39, 0.29) is 12.4 Å². The SMILES string of the molecule is CC/C=C\CCO.COc1ccc(C(C)=O)cc1. The quantitative estimate of drug-likeness (QED) is 0.644. The maximum Gasteiger partial charge on any atom is 0.159 e. The Labute approximate surface area is 109 Å². The molecule has 18 heavy (non-hydrogen) atoms. The van der Waals surface area contributed by atoms with Crippen LogP contribution >= 0.6 is 0 Å². The van der Waals surface area contributed by atoms with Crippen molar-refractivity contribution < 1.29 is 14.6 Å². The van der Waals surface area contributed by atoms with Crippen molar-refractivity contribution in [1.29, 1.82) is 0 Å². The Bertz CT molecular complexity index is 353. The fourth-order valence-electron chi connectivity index (χ4n) is 1.18. The van der Waals surface area contributed by atoms with Crippen LogP contribution in [0.5, 0.6) is 5.75 Å². The zero-order valence-electron chi connectivity index (χ0n) is 11.3. The van der Waals surface area contributed by atoms with E-state index in [1.165, 1.54) is 0 Å². The number of rotatable bonds is 5. The fraction of sp³-hybridized carbons (Fsp3) is 0.400. The summed E-state index contributed by atoms with van der Waals surface area (Å²) in [6.07, 6.45) is 5.91. The number of Topliss-reactive ketones (excluding diaryl/α,β-unsaturated/α-hetero) is 1. The second-order valence-corrected chi connectivity index (χ2v) is 3.68. The van der Waals surface area contributed by atoms with Crippen molar-refractivity contribution in [3.8, 4) is 5.75 Å². The topological polar surface area (TPSA) is 46.5 Å². The molecule has 0 aromatic heterocycles. The molecule has 0 bridgehead atoms. The van der Waals surface area contributed by atoms with Crippen LogP contribution in [0.3, 0.4) is 0 Å². The molecule has 100 valence electrons. The smallest absolute Gasteiger partial charge is 0.159 e. The normalized spacial score (nSPS) is 9.78. The first-order valence-corrected chi connectivity index (χ1v) is 6.06. The minimum Gasteiger partial charge on any atom is -0.497 e. The van der Waals surface area contributed by atoms with Gasteiger partial charge in [-0.05, 0) is 44.0 Å². The second-order valence-electron chi connectivity index (χ2n) is 3.68. The number of allylic oxidation sites excluding steroid dienone is 1. The molecule has 0 aliphatic heterocycles. The highest BCUT2D eigenvalue weighted by molar-refractivity contribution is 5.94. The molecule has 3 nitrogen and oxygen atoms in total. The molecular weight excluding hydrogens is 228 g/mol. The van der Waals surface area contributed by atoms with Crippen LogP contribution in [0.25, 0.3) is 0 Å². The van der Waals surface area contributed by atoms with Crippen molar-refractivity contribution in [2.24, 2.45) is 0 Å². The number of ether oxygens (including phenoxy) is 1. The molecular formula is C15H22O3. The van der Waals surface area contributed by atoms with Gasteiger partial charge in [0.2, 0.25) is 0 Å². The van der Waals surface area contributed by atoms with Crippen LogP contribution in [-0.2, 0) is 0 Å². The standard InChI is InChI=1S/C9H10O2.C6H12O/c1-7(10)8-3-5-9(11-2)6-4-8;1-2-3-4-5-6-7/h3-6H,1-2H3;3-4,7H,2,5-6H2,1H3/b;4-3-. The molecule has 0 radical (unpaired) electrons. The second kappa shape index (κ2) is 10.5. The number of carbonyl (C=O) groups excluding carboxylic acids is 1. The summed E-state index contributed by atoms with van der Waals surface area (Å²) in [7, 11) is 1.60. The Morgan fingerprint density at radius 2 is 1.89 bits per heavy atom. The highest BCUT2D eigenvalue weighted by atomic mass is 16.5. The van der Waals surface area contributed by atoms with E-state index < -0.39 is 0 Å². The summed E-state index contributed by atoms with van der Waals surface area (Å²) in [5.41, 5.74) is 0.714. The van der Waals surface area contributed by atoms with Gasteiger partial charge >= 0.3 is 0 Å². The Balaban J connectivity index is 0.000000360. The maximum absolute atomic E-state index is 10.8. The molecule has 0 saturated carbocycles. The van der Waals surface area contributed by atoms with Gasteiger partial charge in [-0.15, -0.1) is 0 Å². The summed E-state index contributed by atoms with van der Waals surface area (Å²) in [5, 5.41) is 8.24. The highest BCUT2D eigenvalue weighted by Crippen LogP contribution is 2.11. The predicted octanol–water partition coefficient (Wildman–Crippen LogP) is 3.23. The van der Waals surface area contributed by atoms with Crippen LogP contribution in [0.1, 0.15) is 37.0 Å².